The molecule has 0 spiro atoms. The van der Waals surface area contributed by atoms with Gasteiger partial charge in [0.25, 0.3) is 5.69 Å². The van der Waals surface area contributed by atoms with Crippen molar-refractivity contribution in [2.75, 3.05) is 10.6 Å². The summed E-state index contributed by atoms with van der Waals surface area (Å²) in [5.74, 6) is 0. The van der Waals surface area contributed by atoms with Gasteiger partial charge in [-0.15, -0.1) is 0 Å². The van der Waals surface area contributed by atoms with Crippen LogP contribution in [0.25, 0.3) is 0 Å². The number of anilines is 2. The molecule has 2 amide bonds. The van der Waals surface area contributed by atoms with Gasteiger partial charge in [0.15, 0.2) is 0 Å². The fraction of sp³-hybridized carbons (Fsp3) is 0. The molecule has 0 saturated carbocycles. The first-order chi connectivity index (χ1) is 9.95. The Kier molecular flexibility index (Phi) is 4.62. The van der Waals surface area contributed by atoms with Crippen LogP contribution in [-0.4, -0.2) is 11.0 Å². The Labute approximate surface area is 129 Å². The van der Waals surface area contributed by atoms with Crippen LogP contribution in [0.1, 0.15) is 0 Å². The fourth-order valence-electron chi connectivity index (χ4n) is 1.54. The highest BCUT2D eigenvalue weighted by molar-refractivity contribution is 6.34. The zero-order valence-electron chi connectivity index (χ0n) is 10.5. The molecule has 2 aromatic carbocycles. The third-order valence-corrected chi connectivity index (χ3v) is 3.08. The second-order valence-electron chi connectivity index (χ2n) is 4.01. The van der Waals surface area contributed by atoms with E-state index in [1.165, 1.54) is 18.2 Å². The van der Waals surface area contributed by atoms with Gasteiger partial charge in [0, 0.05) is 22.8 Å². The van der Waals surface area contributed by atoms with Crippen LogP contribution in [0.3, 0.4) is 0 Å². The number of nitrogens with zero attached hydrogens (tertiary/aromatic N) is 1. The molecule has 21 heavy (non-hydrogen) atoms. The quantitative estimate of drug-likeness (QED) is 0.641. The number of carbonyl (C=O) groups excluding carboxylic acids is 1. The van der Waals surface area contributed by atoms with E-state index in [0.29, 0.717) is 10.7 Å². The van der Waals surface area contributed by atoms with Gasteiger partial charge >= 0.3 is 6.03 Å². The van der Waals surface area contributed by atoms with Gasteiger partial charge in [-0.1, -0.05) is 23.2 Å². The van der Waals surface area contributed by atoms with E-state index in [-0.39, 0.29) is 16.4 Å². The Hall–Kier alpha value is -2.31. The predicted octanol–water partition coefficient (Wildman–Crippen LogP) is 4.55. The largest absolute Gasteiger partial charge is 0.323 e. The molecular weight excluding hydrogens is 317 g/mol. The lowest BCUT2D eigenvalue weighted by atomic mass is 10.3. The highest BCUT2D eigenvalue weighted by Crippen LogP contribution is 2.26. The molecule has 0 aliphatic carbocycles. The van der Waals surface area contributed by atoms with E-state index in [1.807, 2.05) is 0 Å². The molecule has 0 aromatic heterocycles. The number of urea groups is 1. The summed E-state index contributed by atoms with van der Waals surface area (Å²) in [5, 5.41) is 16.3. The Morgan fingerprint density at radius 3 is 2.29 bits per heavy atom. The summed E-state index contributed by atoms with van der Waals surface area (Å²) in [6.45, 7) is 0. The number of benzene rings is 2. The van der Waals surface area contributed by atoms with Crippen LogP contribution >= 0.6 is 23.2 Å². The van der Waals surface area contributed by atoms with Crippen molar-refractivity contribution in [3.05, 3.63) is 62.6 Å². The van der Waals surface area contributed by atoms with Crippen molar-refractivity contribution in [3.8, 4) is 0 Å². The van der Waals surface area contributed by atoms with Gasteiger partial charge < -0.3 is 10.6 Å². The maximum atomic E-state index is 11.8. The summed E-state index contributed by atoms with van der Waals surface area (Å²) in [6, 6.07) is 9.81. The lowest BCUT2D eigenvalue weighted by Gasteiger charge is -2.09. The van der Waals surface area contributed by atoms with Crippen molar-refractivity contribution in [2.45, 2.75) is 0 Å². The Balaban J connectivity index is 2.06. The summed E-state index contributed by atoms with van der Waals surface area (Å²) < 4.78 is 0. The number of rotatable bonds is 3. The monoisotopic (exact) mass is 325 g/mol. The molecule has 0 fully saturated rings. The third-order valence-electron chi connectivity index (χ3n) is 2.51. The van der Waals surface area contributed by atoms with Crippen LogP contribution in [-0.2, 0) is 0 Å². The van der Waals surface area contributed by atoms with Gasteiger partial charge in [-0.05, 0) is 30.3 Å². The molecule has 0 radical (unpaired) electrons. The van der Waals surface area contributed by atoms with E-state index in [9.17, 15) is 14.9 Å². The van der Waals surface area contributed by atoms with Crippen molar-refractivity contribution in [1.29, 1.82) is 0 Å². The van der Waals surface area contributed by atoms with Gasteiger partial charge in [0.1, 0.15) is 0 Å². The number of nitro groups is 1. The van der Waals surface area contributed by atoms with Crippen molar-refractivity contribution >= 4 is 46.3 Å². The zero-order chi connectivity index (χ0) is 15.4. The highest BCUT2D eigenvalue weighted by Gasteiger charge is 2.11. The molecule has 108 valence electrons. The van der Waals surface area contributed by atoms with Gasteiger partial charge in [-0.2, -0.15) is 0 Å². The molecule has 0 atom stereocenters. The third kappa shape index (κ3) is 4.08. The van der Waals surface area contributed by atoms with Crippen molar-refractivity contribution in [2.24, 2.45) is 0 Å². The molecule has 0 saturated heterocycles. The summed E-state index contributed by atoms with van der Waals surface area (Å²) in [7, 11) is 0. The molecule has 0 heterocycles. The molecule has 0 aliphatic rings. The number of non-ortho nitro benzene ring substituents is 1. The zero-order valence-corrected chi connectivity index (χ0v) is 12.0. The number of halogens is 2. The normalized spacial score (nSPS) is 10.0. The van der Waals surface area contributed by atoms with E-state index in [4.69, 9.17) is 23.2 Å². The van der Waals surface area contributed by atoms with E-state index < -0.39 is 11.0 Å². The Morgan fingerprint density at radius 1 is 1.05 bits per heavy atom. The van der Waals surface area contributed by atoms with Crippen LogP contribution in [0, 0.1) is 10.1 Å². The molecule has 8 heteroatoms. The van der Waals surface area contributed by atoms with E-state index >= 15 is 0 Å². The maximum absolute atomic E-state index is 11.8. The van der Waals surface area contributed by atoms with Crippen LogP contribution in [0.2, 0.25) is 10.0 Å². The van der Waals surface area contributed by atoms with E-state index in [0.717, 1.165) is 0 Å². The topological polar surface area (TPSA) is 84.3 Å². The van der Waals surface area contributed by atoms with Gasteiger partial charge in [0.2, 0.25) is 0 Å². The minimum atomic E-state index is -0.566. The first-order valence-corrected chi connectivity index (χ1v) is 6.49. The summed E-state index contributed by atoms with van der Waals surface area (Å²) >= 11 is 11.6. The summed E-state index contributed by atoms with van der Waals surface area (Å²) in [6.07, 6.45) is 0. The molecule has 6 nitrogen and oxygen atoms in total. The number of nitrogens with one attached hydrogen (secondary N) is 2. The van der Waals surface area contributed by atoms with Gasteiger partial charge in [-0.3, -0.25) is 10.1 Å². The highest BCUT2D eigenvalue weighted by atomic mass is 35.5. The van der Waals surface area contributed by atoms with Crippen LogP contribution in [0.15, 0.2) is 42.5 Å². The van der Waals surface area contributed by atoms with Crippen LogP contribution < -0.4 is 10.6 Å². The lowest BCUT2D eigenvalue weighted by molar-refractivity contribution is -0.384. The summed E-state index contributed by atoms with van der Waals surface area (Å²) in [5.41, 5.74) is 0.673. The molecular formula is C13H9Cl2N3O3. The minimum absolute atomic E-state index is 0.0791. The second kappa shape index (κ2) is 6.43. The minimum Gasteiger partial charge on any atom is -0.308 e. The number of hydrogen-bond donors (Lipinski definition) is 2. The smallest absolute Gasteiger partial charge is 0.308 e. The first-order valence-electron chi connectivity index (χ1n) is 5.73. The average molecular weight is 326 g/mol. The van der Waals surface area contributed by atoms with Crippen molar-refractivity contribution < 1.29 is 9.72 Å². The number of hydrogen-bond acceptors (Lipinski definition) is 3. The van der Waals surface area contributed by atoms with E-state index in [1.54, 1.807) is 24.3 Å². The number of amides is 2. The molecule has 0 bridgehead atoms. The molecule has 0 unspecified atom stereocenters. The summed E-state index contributed by atoms with van der Waals surface area (Å²) in [4.78, 5) is 21.8. The maximum Gasteiger partial charge on any atom is 0.323 e. The second-order valence-corrected chi connectivity index (χ2v) is 4.85. The molecule has 2 N–H and O–H groups in total. The lowest BCUT2D eigenvalue weighted by Crippen LogP contribution is -2.19. The van der Waals surface area contributed by atoms with Crippen molar-refractivity contribution in [1.82, 2.24) is 0 Å². The SMILES string of the molecule is O=C(Nc1ccc(Cl)cc1)Nc1ccc([N+](=O)[O-])cc1Cl. The molecule has 2 aromatic rings. The number of carbonyl (C=O) groups is 1. The van der Waals surface area contributed by atoms with Crippen molar-refractivity contribution in [3.63, 3.8) is 0 Å². The predicted molar refractivity (Wildman–Crippen MR) is 82.2 cm³/mol. The van der Waals surface area contributed by atoms with Crippen LogP contribution in [0.4, 0.5) is 21.9 Å². The fourth-order valence-corrected chi connectivity index (χ4v) is 1.88. The Morgan fingerprint density at radius 2 is 1.71 bits per heavy atom. The van der Waals surface area contributed by atoms with E-state index in [2.05, 4.69) is 10.6 Å². The number of nitro benzene ring substituents is 1. The average Bonchev–Trinajstić information content (AvgIpc) is 2.43. The van der Waals surface area contributed by atoms with Crippen LogP contribution in [0.5, 0.6) is 0 Å². The standard InChI is InChI=1S/C13H9Cl2N3O3/c14-8-1-3-9(4-2-8)16-13(19)17-12-6-5-10(18(20)21)7-11(12)15/h1-7H,(H2,16,17,19). The van der Waals surface area contributed by atoms with Gasteiger partial charge in [-0.25, -0.2) is 4.79 Å². The van der Waals surface area contributed by atoms with Gasteiger partial charge in [0.05, 0.1) is 15.6 Å². The first kappa shape index (κ1) is 15.1. The Bertz CT molecular complexity index is 690. The molecule has 0 aliphatic heterocycles. The molecule has 2 rings (SSSR count).